The van der Waals surface area contributed by atoms with Gasteiger partial charge in [0.15, 0.2) is 6.29 Å². The van der Waals surface area contributed by atoms with Gasteiger partial charge in [0, 0.05) is 29.3 Å². The third kappa shape index (κ3) is 2.31. The van der Waals surface area contributed by atoms with Gasteiger partial charge in [-0.3, -0.25) is 4.79 Å². The van der Waals surface area contributed by atoms with Crippen LogP contribution in [-0.4, -0.2) is 19.9 Å². The minimum Gasteiger partial charge on any atom is -0.374 e. The normalized spacial score (nSPS) is 9.77. The minimum atomic E-state index is 0.721. The zero-order valence-electron chi connectivity index (χ0n) is 7.75. The maximum atomic E-state index is 10.8. The largest absolute Gasteiger partial charge is 0.374 e. The van der Waals surface area contributed by atoms with Crippen molar-refractivity contribution in [3.63, 3.8) is 0 Å². The van der Waals surface area contributed by atoms with E-state index in [-0.39, 0.29) is 0 Å². The van der Waals surface area contributed by atoms with Gasteiger partial charge in [0.1, 0.15) is 0 Å². The summed E-state index contributed by atoms with van der Waals surface area (Å²) in [7, 11) is 1.97. The molecule has 0 aliphatic carbocycles. The predicted molar refractivity (Wildman–Crippen MR) is 58.5 cm³/mol. The van der Waals surface area contributed by atoms with Gasteiger partial charge >= 0.3 is 0 Å². The number of hydrogen-bond donors (Lipinski definition) is 0. The van der Waals surface area contributed by atoms with E-state index >= 15 is 0 Å². The lowest BCUT2D eigenvalue weighted by Gasteiger charge is -2.18. The molecule has 0 N–H and O–H groups in total. The molecule has 13 heavy (non-hydrogen) atoms. The summed E-state index contributed by atoms with van der Waals surface area (Å²) in [4.78, 5) is 12.8. The molecule has 3 heteroatoms. The summed E-state index contributed by atoms with van der Waals surface area (Å²) in [6, 6.07) is 5.71. The molecule has 0 radical (unpaired) electrons. The number of halogens is 1. The zero-order chi connectivity index (χ0) is 9.84. The minimum absolute atomic E-state index is 0.721. The Morgan fingerprint density at radius 2 is 2.23 bits per heavy atom. The first kappa shape index (κ1) is 10.3. The summed E-state index contributed by atoms with van der Waals surface area (Å²) in [5.41, 5.74) is 1.69. The van der Waals surface area contributed by atoms with E-state index < -0.39 is 0 Å². The van der Waals surface area contributed by atoms with E-state index in [1.807, 2.05) is 30.1 Å². The molecule has 1 aromatic rings. The Balaban J connectivity index is 3.13. The molecule has 0 heterocycles. The number of hydrogen-bond acceptors (Lipinski definition) is 2. The zero-order valence-corrected chi connectivity index (χ0v) is 9.34. The number of carbonyl (C=O) groups excluding carboxylic acids is 1. The maximum absolute atomic E-state index is 10.8. The standard InChI is InChI=1S/C10H12BrNO/c1-3-12(2)10-5-4-9(11)6-8(10)7-13/h4-7H,3H2,1-2H3. The van der Waals surface area contributed by atoms with Crippen LogP contribution in [0.4, 0.5) is 5.69 Å². The molecule has 0 saturated heterocycles. The molecule has 0 saturated carbocycles. The molecule has 0 amide bonds. The van der Waals surface area contributed by atoms with Crippen molar-refractivity contribution in [1.29, 1.82) is 0 Å². The summed E-state index contributed by atoms with van der Waals surface area (Å²) < 4.78 is 0.933. The van der Waals surface area contributed by atoms with Crippen LogP contribution in [0.1, 0.15) is 17.3 Å². The van der Waals surface area contributed by atoms with E-state index in [1.54, 1.807) is 0 Å². The molecule has 0 aliphatic heterocycles. The fourth-order valence-corrected chi connectivity index (χ4v) is 1.52. The van der Waals surface area contributed by atoms with Gasteiger partial charge in [0.2, 0.25) is 0 Å². The van der Waals surface area contributed by atoms with E-state index in [1.165, 1.54) is 0 Å². The summed E-state index contributed by atoms with van der Waals surface area (Å²) in [6.07, 6.45) is 0.881. The smallest absolute Gasteiger partial charge is 0.152 e. The molecule has 0 bridgehead atoms. The van der Waals surface area contributed by atoms with Crippen molar-refractivity contribution < 1.29 is 4.79 Å². The topological polar surface area (TPSA) is 20.3 Å². The van der Waals surface area contributed by atoms with Crippen LogP contribution in [0, 0.1) is 0 Å². The van der Waals surface area contributed by atoms with Gasteiger partial charge < -0.3 is 4.90 Å². The molecule has 70 valence electrons. The highest BCUT2D eigenvalue weighted by atomic mass is 79.9. The third-order valence-corrected chi connectivity index (χ3v) is 2.50. The predicted octanol–water partition coefficient (Wildman–Crippen LogP) is 2.72. The highest BCUT2D eigenvalue weighted by Gasteiger charge is 2.05. The van der Waals surface area contributed by atoms with Gasteiger partial charge in [0.25, 0.3) is 0 Å². The van der Waals surface area contributed by atoms with Crippen molar-refractivity contribution in [3.05, 3.63) is 28.2 Å². The van der Waals surface area contributed by atoms with Crippen LogP contribution in [0.15, 0.2) is 22.7 Å². The lowest BCUT2D eigenvalue weighted by molar-refractivity contribution is 0.112. The fourth-order valence-electron chi connectivity index (χ4n) is 1.14. The molecule has 0 fully saturated rings. The number of aldehydes is 1. The molecule has 0 atom stereocenters. The molecule has 0 spiro atoms. The van der Waals surface area contributed by atoms with Crippen LogP contribution in [0.3, 0.4) is 0 Å². The quantitative estimate of drug-likeness (QED) is 0.759. The molecule has 2 nitrogen and oxygen atoms in total. The lowest BCUT2D eigenvalue weighted by atomic mass is 10.2. The molecule has 0 aromatic heterocycles. The van der Waals surface area contributed by atoms with E-state index in [2.05, 4.69) is 22.9 Å². The van der Waals surface area contributed by atoms with Crippen molar-refractivity contribution in [2.45, 2.75) is 6.92 Å². The third-order valence-electron chi connectivity index (χ3n) is 2.00. The van der Waals surface area contributed by atoms with Crippen molar-refractivity contribution >= 4 is 27.9 Å². The molecule has 1 rings (SSSR count). The van der Waals surface area contributed by atoms with E-state index in [0.717, 1.165) is 28.6 Å². The molecule has 0 unspecified atom stereocenters. The maximum Gasteiger partial charge on any atom is 0.152 e. The van der Waals surface area contributed by atoms with Crippen molar-refractivity contribution in [3.8, 4) is 0 Å². The van der Waals surface area contributed by atoms with Gasteiger partial charge in [-0.25, -0.2) is 0 Å². The van der Waals surface area contributed by atoms with Gasteiger partial charge in [-0.05, 0) is 25.1 Å². The second-order valence-electron chi connectivity index (χ2n) is 2.84. The average Bonchev–Trinajstić information content (AvgIpc) is 2.16. The van der Waals surface area contributed by atoms with Gasteiger partial charge in [-0.15, -0.1) is 0 Å². The first-order valence-electron chi connectivity index (χ1n) is 4.15. The SMILES string of the molecule is CCN(C)c1ccc(Br)cc1C=O. The molecule has 0 aliphatic rings. The Morgan fingerprint density at radius 3 is 2.77 bits per heavy atom. The van der Waals surface area contributed by atoms with E-state index in [9.17, 15) is 4.79 Å². The van der Waals surface area contributed by atoms with E-state index in [4.69, 9.17) is 0 Å². The number of carbonyl (C=O) groups is 1. The van der Waals surface area contributed by atoms with Gasteiger partial charge in [-0.1, -0.05) is 15.9 Å². The Labute approximate surface area is 86.7 Å². The summed E-state index contributed by atoms with van der Waals surface area (Å²) in [5, 5.41) is 0. The number of nitrogens with zero attached hydrogens (tertiary/aromatic N) is 1. The van der Waals surface area contributed by atoms with Crippen LogP contribution in [0.2, 0.25) is 0 Å². The van der Waals surface area contributed by atoms with Crippen LogP contribution in [-0.2, 0) is 0 Å². The van der Waals surface area contributed by atoms with Crippen molar-refractivity contribution in [2.24, 2.45) is 0 Å². The molecular weight excluding hydrogens is 230 g/mol. The van der Waals surface area contributed by atoms with Gasteiger partial charge in [0.05, 0.1) is 0 Å². The Bertz CT molecular complexity index is 312. The average molecular weight is 242 g/mol. The highest BCUT2D eigenvalue weighted by molar-refractivity contribution is 9.10. The Kier molecular flexibility index (Phi) is 3.48. The second kappa shape index (κ2) is 4.42. The van der Waals surface area contributed by atoms with Gasteiger partial charge in [-0.2, -0.15) is 0 Å². The lowest BCUT2D eigenvalue weighted by Crippen LogP contribution is -2.17. The Hall–Kier alpha value is -0.830. The van der Waals surface area contributed by atoms with Crippen molar-refractivity contribution in [1.82, 2.24) is 0 Å². The van der Waals surface area contributed by atoms with Crippen LogP contribution >= 0.6 is 15.9 Å². The molecule has 1 aromatic carbocycles. The summed E-state index contributed by atoms with van der Waals surface area (Å²) in [5.74, 6) is 0. The summed E-state index contributed by atoms with van der Waals surface area (Å²) in [6.45, 7) is 2.94. The van der Waals surface area contributed by atoms with E-state index in [0.29, 0.717) is 0 Å². The van der Waals surface area contributed by atoms with Crippen LogP contribution < -0.4 is 4.90 Å². The number of anilines is 1. The highest BCUT2D eigenvalue weighted by Crippen LogP contribution is 2.21. The first-order chi connectivity index (χ1) is 6.19. The second-order valence-corrected chi connectivity index (χ2v) is 3.75. The van der Waals surface area contributed by atoms with Crippen LogP contribution in [0.25, 0.3) is 0 Å². The monoisotopic (exact) mass is 241 g/mol. The summed E-state index contributed by atoms with van der Waals surface area (Å²) >= 11 is 3.33. The Morgan fingerprint density at radius 1 is 1.54 bits per heavy atom. The first-order valence-corrected chi connectivity index (χ1v) is 4.94. The van der Waals surface area contributed by atoms with Crippen molar-refractivity contribution in [2.75, 3.05) is 18.5 Å². The fraction of sp³-hybridized carbons (Fsp3) is 0.300. The number of rotatable bonds is 3. The van der Waals surface area contributed by atoms with Crippen LogP contribution in [0.5, 0.6) is 0 Å². The molecular formula is C10H12BrNO. The number of benzene rings is 1.